The van der Waals surface area contributed by atoms with Gasteiger partial charge in [0.1, 0.15) is 6.10 Å². The Hall–Kier alpha value is -2.13. The van der Waals surface area contributed by atoms with E-state index in [1.54, 1.807) is 6.07 Å². The molecule has 2 aliphatic heterocycles. The van der Waals surface area contributed by atoms with Gasteiger partial charge in [-0.2, -0.15) is 5.26 Å². The molecule has 2 heterocycles. The summed E-state index contributed by atoms with van der Waals surface area (Å²) in [5.74, 6) is 0.170. The average molecular weight is 332 g/mol. The van der Waals surface area contributed by atoms with Crippen molar-refractivity contribution in [2.45, 2.75) is 31.8 Å². The number of nitriles is 1. The molecule has 2 fully saturated rings. The minimum absolute atomic E-state index is 0.105. The number of hydrogen-bond donors (Lipinski definition) is 0. The first-order valence-electron chi connectivity index (χ1n) is 8.37. The fraction of sp³-hybridized carbons (Fsp3) is 0.556. The highest BCUT2D eigenvalue weighted by atomic mass is 19.1. The molecular formula is C18H21FN2O3. The molecule has 3 rings (SSSR count). The first-order chi connectivity index (χ1) is 11.7. The Kier molecular flexibility index (Phi) is 5.31. The third-order valence-corrected chi connectivity index (χ3v) is 4.64. The highest BCUT2D eigenvalue weighted by molar-refractivity contribution is 5.76. The molecule has 0 aromatic heterocycles. The summed E-state index contributed by atoms with van der Waals surface area (Å²) in [5.41, 5.74) is 0.274. The second-order valence-corrected chi connectivity index (χ2v) is 6.39. The smallest absolute Gasteiger partial charge is 0.222 e. The van der Waals surface area contributed by atoms with Crippen LogP contribution in [0.5, 0.6) is 5.75 Å². The standard InChI is InChI=1S/C18H21FN2O3/c19-16-9-13(11-20)1-2-17(16)24-15-3-6-21(7-4-15)18(22)10-14-5-8-23-12-14/h1-2,9,14-15H,3-8,10,12H2. The highest BCUT2D eigenvalue weighted by Crippen LogP contribution is 2.24. The average Bonchev–Trinajstić information content (AvgIpc) is 3.10. The van der Waals surface area contributed by atoms with Crippen LogP contribution >= 0.6 is 0 Å². The van der Waals surface area contributed by atoms with Crippen LogP contribution in [0.4, 0.5) is 4.39 Å². The summed E-state index contributed by atoms with van der Waals surface area (Å²) >= 11 is 0. The van der Waals surface area contributed by atoms with Crippen molar-refractivity contribution < 1.29 is 18.7 Å². The quantitative estimate of drug-likeness (QED) is 0.850. The topological polar surface area (TPSA) is 62.6 Å². The van der Waals surface area contributed by atoms with Gasteiger partial charge in [-0.05, 0) is 30.5 Å². The number of piperidine rings is 1. The van der Waals surface area contributed by atoms with Gasteiger partial charge in [-0.1, -0.05) is 0 Å². The molecule has 1 aromatic carbocycles. The van der Waals surface area contributed by atoms with Crippen LogP contribution in [0.15, 0.2) is 18.2 Å². The summed E-state index contributed by atoms with van der Waals surface area (Å²) in [4.78, 5) is 14.2. The van der Waals surface area contributed by atoms with Gasteiger partial charge in [-0.3, -0.25) is 4.79 Å². The Bertz CT molecular complexity index is 630. The lowest BCUT2D eigenvalue weighted by Crippen LogP contribution is -2.42. The predicted molar refractivity (Wildman–Crippen MR) is 84.9 cm³/mol. The summed E-state index contributed by atoms with van der Waals surface area (Å²) < 4.78 is 24.9. The Morgan fingerprint density at radius 1 is 1.38 bits per heavy atom. The number of halogens is 1. The van der Waals surface area contributed by atoms with Crippen molar-refractivity contribution in [2.24, 2.45) is 5.92 Å². The fourth-order valence-electron chi connectivity index (χ4n) is 3.19. The molecule has 1 unspecified atom stereocenters. The Labute approximate surface area is 141 Å². The molecule has 0 spiro atoms. The summed E-state index contributed by atoms with van der Waals surface area (Å²) in [6.07, 6.45) is 2.78. The van der Waals surface area contributed by atoms with Crippen LogP contribution in [-0.2, 0) is 9.53 Å². The molecule has 2 aliphatic rings. The minimum atomic E-state index is -0.520. The zero-order valence-electron chi connectivity index (χ0n) is 13.5. The zero-order valence-corrected chi connectivity index (χ0v) is 13.5. The first-order valence-corrected chi connectivity index (χ1v) is 8.37. The summed E-state index contributed by atoms with van der Waals surface area (Å²) in [7, 11) is 0. The van der Waals surface area contributed by atoms with Crippen LogP contribution in [-0.4, -0.2) is 43.2 Å². The zero-order chi connectivity index (χ0) is 16.9. The normalized spacial score (nSPS) is 21.5. The molecule has 0 saturated carbocycles. The van der Waals surface area contributed by atoms with E-state index in [1.807, 2.05) is 11.0 Å². The SMILES string of the molecule is N#Cc1ccc(OC2CCN(C(=O)CC3CCOC3)CC2)c(F)c1. The van der Waals surface area contributed by atoms with Gasteiger partial charge in [0.25, 0.3) is 0 Å². The van der Waals surface area contributed by atoms with Crippen molar-refractivity contribution in [3.05, 3.63) is 29.6 Å². The minimum Gasteiger partial charge on any atom is -0.487 e. The Morgan fingerprint density at radius 3 is 2.79 bits per heavy atom. The number of benzene rings is 1. The number of likely N-dealkylation sites (tertiary alicyclic amines) is 1. The third kappa shape index (κ3) is 4.04. The van der Waals surface area contributed by atoms with Crippen LogP contribution in [0.25, 0.3) is 0 Å². The first kappa shape index (κ1) is 16.7. The van der Waals surface area contributed by atoms with E-state index in [0.29, 0.717) is 44.9 Å². The second-order valence-electron chi connectivity index (χ2n) is 6.39. The van der Waals surface area contributed by atoms with Crippen LogP contribution in [0.1, 0.15) is 31.2 Å². The number of carbonyl (C=O) groups excluding carboxylic acids is 1. The summed E-state index contributed by atoms with van der Waals surface area (Å²) in [6, 6.07) is 6.11. The lowest BCUT2D eigenvalue weighted by molar-refractivity contribution is -0.134. The molecule has 0 N–H and O–H groups in total. The van der Waals surface area contributed by atoms with Crippen LogP contribution in [0.3, 0.4) is 0 Å². The van der Waals surface area contributed by atoms with Crippen LogP contribution in [0.2, 0.25) is 0 Å². The van der Waals surface area contributed by atoms with E-state index in [1.165, 1.54) is 12.1 Å². The molecule has 5 nitrogen and oxygen atoms in total. The van der Waals surface area contributed by atoms with Crippen LogP contribution in [0, 0.1) is 23.1 Å². The summed E-state index contributed by atoms with van der Waals surface area (Å²) in [6.45, 7) is 2.71. The van der Waals surface area contributed by atoms with Crippen molar-refractivity contribution in [1.29, 1.82) is 5.26 Å². The second kappa shape index (κ2) is 7.63. The lowest BCUT2D eigenvalue weighted by Gasteiger charge is -2.32. The van der Waals surface area contributed by atoms with Crippen molar-refractivity contribution in [2.75, 3.05) is 26.3 Å². The van der Waals surface area contributed by atoms with Gasteiger partial charge in [0.05, 0.1) is 11.6 Å². The van der Waals surface area contributed by atoms with Crippen molar-refractivity contribution in [3.8, 4) is 11.8 Å². The van der Waals surface area contributed by atoms with Crippen molar-refractivity contribution in [3.63, 3.8) is 0 Å². The lowest BCUT2D eigenvalue weighted by atomic mass is 10.0. The predicted octanol–water partition coefficient (Wildman–Crippen LogP) is 2.49. The third-order valence-electron chi connectivity index (χ3n) is 4.64. The van der Waals surface area contributed by atoms with E-state index in [4.69, 9.17) is 14.7 Å². The van der Waals surface area contributed by atoms with Gasteiger partial charge in [0.15, 0.2) is 11.6 Å². The van der Waals surface area contributed by atoms with Gasteiger partial charge in [-0.25, -0.2) is 4.39 Å². The molecule has 1 atom stereocenters. The molecule has 0 bridgehead atoms. The highest BCUT2D eigenvalue weighted by Gasteiger charge is 2.27. The van der Waals surface area contributed by atoms with Gasteiger partial charge >= 0.3 is 0 Å². The van der Waals surface area contributed by atoms with E-state index in [9.17, 15) is 9.18 Å². The van der Waals surface area contributed by atoms with E-state index in [-0.39, 0.29) is 23.3 Å². The molecule has 24 heavy (non-hydrogen) atoms. The monoisotopic (exact) mass is 332 g/mol. The van der Waals surface area contributed by atoms with Crippen molar-refractivity contribution >= 4 is 5.91 Å². The maximum Gasteiger partial charge on any atom is 0.222 e. The number of carbonyl (C=O) groups is 1. The molecule has 0 radical (unpaired) electrons. The Balaban J connectivity index is 1.48. The van der Waals surface area contributed by atoms with Crippen molar-refractivity contribution in [1.82, 2.24) is 4.90 Å². The summed E-state index contributed by atoms with van der Waals surface area (Å²) in [5, 5.41) is 8.75. The molecule has 0 aliphatic carbocycles. The molecule has 2 saturated heterocycles. The Morgan fingerprint density at radius 2 is 2.17 bits per heavy atom. The largest absolute Gasteiger partial charge is 0.487 e. The number of hydrogen-bond acceptors (Lipinski definition) is 4. The molecule has 1 aromatic rings. The maximum absolute atomic E-state index is 13.9. The van der Waals surface area contributed by atoms with E-state index in [2.05, 4.69) is 0 Å². The van der Waals surface area contributed by atoms with Gasteiger partial charge in [0, 0.05) is 45.6 Å². The van der Waals surface area contributed by atoms with E-state index < -0.39 is 5.82 Å². The van der Waals surface area contributed by atoms with E-state index >= 15 is 0 Å². The number of amides is 1. The van der Waals surface area contributed by atoms with E-state index in [0.717, 1.165) is 13.0 Å². The number of rotatable bonds is 4. The number of ether oxygens (including phenoxy) is 2. The molecular weight excluding hydrogens is 311 g/mol. The maximum atomic E-state index is 13.9. The fourth-order valence-corrected chi connectivity index (χ4v) is 3.19. The molecule has 128 valence electrons. The van der Waals surface area contributed by atoms with Crippen LogP contribution < -0.4 is 4.74 Å². The molecule has 6 heteroatoms. The van der Waals surface area contributed by atoms with Gasteiger partial charge in [-0.15, -0.1) is 0 Å². The van der Waals surface area contributed by atoms with Gasteiger partial charge < -0.3 is 14.4 Å². The van der Waals surface area contributed by atoms with Gasteiger partial charge in [0.2, 0.25) is 5.91 Å². The molecule has 1 amide bonds. The number of nitrogens with zero attached hydrogens (tertiary/aromatic N) is 2.